The summed E-state index contributed by atoms with van der Waals surface area (Å²) < 4.78 is 28.5. The van der Waals surface area contributed by atoms with Crippen LogP contribution in [0.1, 0.15) is 36.6 Å². The fraction of sp³-hybridized carbons (Fsp3) is 0.333. The van der Waals surface area contributed by atoms with Gasteiger partial charge >= 0.3 is 0 Å². The van der Waals surface area contributed by atoms with Crippen LogP contribution in [0.5, 0.6) is 0 Å². The van der Waals surface area contributed by atoms with E-state index in [0.717, 1.165) is 23.2 Å². The topological polar surface area (TPSA) is 12.0 Å². The van der Waals surface area contributed by atoms with Crippen molar-refractivity contribution < 1.29 is 8.78 Å². The van der Waals surface area contributed by atoms with Crippen LogP contribution in [0.15, 0.2) is 30.3 Å². The van der Waals surface area contributed by atoms with Crippen LogP contribution >= 0.6 is 0 Å². The van der Waals surface area contributed by atoms with E-state index in [4.69, 9.17) is 0 Å². The lowest BCUT2D eigenvalue weighted by atomic mass is 9.94. The third kappa shape index (κ3) is 3.30. The van der Waals surface area contributed by atoms with Crippen LogP contribution in [0, 0.1) is 25.5 Å². The number of nitrogens with one attached hydrogen (secondary N) is 1. The molecule has 1 nitrogen and oxygen atoms in total. The van der Waals surface area contributed by atoms with E-state index in [2.05, 4.69) is 5.32 Å². The minimum atomic E-state index is -0.395. The van der Waals surface area contributed by atoms with Crippen molar-refractivity contribution in [1.82, 2.24) is 5.32 Å². The summed E-state index contributed by atoms with van der Waals surface area (Å²) >= 11 is 0. The zero-order valence-corrected chi connectivity index (χ0v) is 12.9. The molecule has 1 unspecified atom stereocenters. The molecule has 0 amide bonds. The summed E-state index contributed by atoms with van der Waals surface area (Å²) in [5.41, 5.74) is 3.22. The van der Waals surface area contributed by atoms with Crippen molar-refractivity contribution in [3.63, 3.8) is 0 Å². The molecular weight excluding hydrogens is 268 g/mol. The van der Waals surface area contributed by atoms with Gasteiger partial charge in [-0.2, -0.15) is 0 Å². The van der Waals surface area contributed by atoms with Gasteiger partial charge in [0.25, 0.3) is 0 Å². The largest absolute Gasteiger partial charge is 0.310 e. The average Bonchev–Trinajstić information content (AvgIpc) is 2.40. The fourth-order valence-corrected chi connectivity index (χ4v) is 2.68. The molecule has 0 saturated heterocycles. The van der Waals surface area contributed by atoms with Gasteiger partial charge in [-0.1, -0.05) is 19.1 Å². The third-order valence-corrected chi connectivity index (χ3v) is 3.70. The lowest BCUT2D eigenvalue weighted by molar-refractivity contribution is 0.591. The highest BCUT2D eigenvalue weighted by Crippen LogP contribution is 2.31. The summed E-state index contributed by atoms with van der Waals surface area (Å²) in [5, 5.41) is 3.28. The average molecular weight is 289 g/mol. The predicted molar refractivity (Wildman–Crippen MR) is 83.4 cm³/mol. The second-order valence-corrected chi connectivity index (χ2v) is 5.46. The van der Waals surface area contributed by atoms with Crippen molar-refractivity contribution in [3.8, 4) is 11.1 Å². The van der Waals surface area contributed by atoms with Crippen LogP contribution in [0.3, 0.4) is 0 Å². The summed E-state index contributed by atoms with van der Waals surface area (Å²) in [4.78, 5) is 0. The van der Waals surface area contributed by atoms with Crippen molar-refractivity contribution >= 4 is 0 Å². The molecule has 1 N–H and O–H groups in total. The quantitative estimate of drug-likeness (QED) is 0.842. The summed E-state index contributed by atoms with van der Waals surface area (Å²) in [6, 6.07) is 8.32. The van der Waals surface area contributed by atoms with Crippen LogP contribution in [-0.4, -0.2) is 6.54 Å². The lowest BCUT2D eigenvalue weighted by Gasteiger charge is -2.16. The Bertz CT molecular complexity index is 627. The minimum Gasteiger partial charge on any atom is -0.310 e. The summed E-state index contributed by atoms with van der Waals surface area (Å²) in [6.07, 6.45) is 0. The van der Waals surface area contributed by atoms with Gasteiger partial charge in [0.1, 0.15) is 11.6 Å². The van der Waals surface area contributed by atoms with Gasteiger partial charge in [-0.15, -0.1) is 0 Å². The number of aryl methyl sites for hydroxylation is 2. The van der Waals surface area contributed by atoms with Crippen LogP contribution < -0.4 is 5.32 Å². The first kappa shape index (κ1) is 15.6. The van der Waals surface area contributed by atoms with Crippen molar-refractivity contribution in [1.29, 1.82) is 0 Å². The van der Waals surface area contributed by atoms with Crippen LogP contribution in [0.25, 0.3) is 11.1 Å². The van der Waals surface area contributed by atoms with Crippen LogP contribution in [0.2, 0.25) is 0 Å². The smallest absolute Gasteiger partial charge is 0.131 e. The number of benzene rings is 2. The first-order valence-corrected chi connectivity index (χ1v) is 7.24. The highest BCUT2D eigenvalue weighted by atomic mass is 19.1. The second-order valence-electron chi connectivity index (χ2n) is 5.46. The Hall–Kier alpha value is -1.74. The molecular formula is C18H21F2N. The first-order valence-electron chi connectivity index (χ1n) is 7.24. The molecule has 3 heteroatoms. The van der Waals surface area contributed by atoms with Crippen molar-refractivity contribution in [2.75, 3.05) is 6.54 Å². The Morgan fingerprint density at radius 1 is 1.05 bits per heavy atom. The molecule has 0 radical (unpaired) electrons. The van der Waals surface area contributed by atoms with Gasteiger partial charge in [0, 0.05) is 17.2 Å². The molecule has 0 aliphatic carbocycles. The molecule has 2 aromatic carbocycles. The van der Waals surface area contributed by atoms with Crippen molar-refractivity contribution in [2.24, 2.45) is 0 Å². The molecule has 0 aliphatic heterocycles. The SMILES string of the molecule is CCNC(C)c1ccc(F)c(-c2c(C)cc(C)cc2F)c1. The second kappa shape index (κ2) is 6.35. The lowest BCUT2D eigenvalue weighted by Crippen LogP contribution is -2.17. The Balaban J connectivity index is 2.56. The minimum absolute atomic E-state index is 0.100. The van der Waals surface area contributed by atoms with Crippen LogP contribution in [0.4, 0.5) is 8.78 Å². The van der Waals surface area contributed by atoms with E-state index in [1.54, 1.807) is 12.1 Å². The maximum atomic E-state index is 14.3. The Kier molecular flexibility index (Phi) is 4.73. The predicted octanol–water partition coefficient (Wildman–Crippen LogP) is 4.92. The van der Waals surface area contributed by atoms with Crippen molar-refractivity contribution in [2.45, 2.75) is 33.7 Å². The molecule has 0 saturated carbocycles. The summed E-state index contributed by atoms with van der Waals surface area (Å²) in [5.74, 6) is -0.770. The van der Waals surface area contributed by atoms with E-state index < -0.39 is 5.82 Å². The first-order chi connectivity index (χ1) is 9.93. The van der Waals surface area contributed by atoms with E-state index in [1.807, 2.05) is 33.8 Å². The molecule has 0 fully saturated rings. The van der Waals surface area contributed by atoms with Gasteiger partial charge in [-0.25, -0.2) is 8.78 Å². The molecule has 112 valence electrons. The molecule has 2 rings (SSSR count). The van der Waals surface area contributed by atoms with E-state index in [9.17, 15) is 8.78 Å². The zero-order valence-electron chi connectivity index (χ0n) is 12.9. The normalized spacial score (nSPS) is 12.5. The maximum Gasteiger partial charge on any atom is 0.131 e. The number of hydrogen-bond donors (Lipinski definition) is 1. The van der Waals surface area contributed by atoms with E-state index >= 15 is 0 Å². The molecule has 0 spiro atoms. The van der Waals surface area contributed by atoms with Gasteiger partial charge in [-0.3, -0.25) is 0 Å². The Labute approximate surface area is 125 Å². The highest BCUT2D eigenvalue weighted by molar-refractivity contribution is 5.69. The van der Waals surface area contributed by atoms with E-state index in [0.29, 0.717) is 11.1 Å². The molecule has 21 heavy (non-hydrogen) atoms. The highest BCUT2D eigenvalue weighted by Gasteiger charge is 2.15. The van der Waals surface area contributed by atoms with Gasteiger partial charge in [0.05, 0.1) is 0 Å². The summed E-state index contributed by atoms with van der Waals surface area (Å²) in [6.45, 7) is 8.50. The molecule has 0 aromatic heterocycles. The van der Waals surface area contributed by atoms with Crippen LogP contribution in [-0.2, 0) is 0 Å². The molecule has 0 heterocycles. The van der Waals surface area contributed by atoms with Gasteiger partial charge in [0.15, 0.2) is 0 Å². The number of hydrogen-bond acceptors (Lipinski definition) is 1. The Morgan fingerprint density at radius 3 is 2.38 bits per heavy atom. The van der Waals surface area contributed by atoms with Gasteiger partial charge < -0.3 is 5.32 Å². The monoisotopic (exact) mass is 289 g/mol. The molecule has 0 aliphatic rings. The summed E-state index contributed by atoms with van der Waals surface area (Å²) in [7, 11) is 0. The standard InChI is InChI=1S/C18H21F2N/c1-5-21-13(4)14-6-7-16(19)15(10-14)18-12(3)8-11(2)9-17(18)20/h6-10,13,21H,5H2,1-4H3. The molecule has 1 atom stereocenters. The maximum absolute atomic E-state index is 14.3. The van der Waals surface area contributed by atoms with E-state index in [1.165, 1.54) is 12.1 Å². The van der Waals surface area contributed by atoms with Gasteiger partial charge in [0.2, 0.25) is 0 Å². The number of rotatable bonds is 4. The zero-order chi connectivity index (χ0) is 15.6. The Morgan fingerprint density at radius 2 is 1.76 bits per heavy atom. The molecule has 0 bridgehead atoms. The third-order valence-electron chi connectivity index (χ3n) is 3.70. The van der Waals surface area contributed by atoms with E-state index in [-0.39, 0.29) is 11.9 Å². The fourth-order valence-electron chi connectivity index (χ4n) is 2.68. The van der Waals surface area contributed by atoms with Crippen molar-refractivity contribution in [3.05, 3.63) is 58.7 Å². The molecule has 2 aromatic rings. The van der Waals surface area contributed by atoms with Gasteiger partial charge in [-0.05, 0) is 62.2 Å². The number of halogens is 2.